The Hall–Kier alpha value is -3.74. The predicted molar refractivity (Wildman–Crippen MR) is 115 cm³/mol. The Labute approximate surface area is 175 Å². The van der Waals surface area contributed by atoms with Gasteiger partial charge in [-0.05, 0) is 48.7 Å². The van der Waals surface area contributed by atoms with Crippen LogP contribution in [-0.4, -0.2) is 44.6 Å². The van der Waals surface area contributed by atoms with Crippen LogP contribution >= 0.6 is 0 Å². The Kier molecular flexibility index (Phi) is 5.98. The molecule has 0 aliphatic carbocycles. The summed E-state index contributed by atoms with van der Waals surface area (Å²) in [4.78, 5) is 30.7. The summed E-state index contributed by atoms with van der Waals surface area (Å²) in [7, 11) is 0. The number of nitrogens with one attached hydrogen (secondary N) is 1. The number of hydrogen-bond donors (Lipinski definition) is 1. The zero-order valence-electron chi connectivity index (χ0n) is 16.5. The first-order chi connectivity index (χ1) is 14.7. The van der Waals surface area contributed by atoms with Crippen molar-refractivity contribution in [1.82, 2.24) is 19.7 Å². The lowest BCUT2D eigenvalue weighted by Crippen LogP contribution is -2.40. The second-order valence-corrected chi connectivity index (χ2v) is 7.22. The molecule has 0 atom stereocenters. The standard InChI is InChI=1S/C23H23N5O2/c29-22(11-6-18-4-2-1-3-5-18)27-14-12-19(13-15-27)23(30)26-20-7-9-21(10-8-20)28-17-24-16-25-28/h1-11,16-17,19H,12-15H2,(H,26,30)/b11-6+. The molecule has 30 heavy (non-hydrogen) atoms. The van der Waals surface area contributed by atoms with Crippen molar-refractivity contribution in [3.8, 4) is 5.69 Å². The fraction of sp³-hybridized carbons (Fsp3) is 0.217. The van der Waals surface area contributed by atoms with E-state index in [4.69, 9.17) is 0 Å². The fourth-order valence-corrected chi connectivity index (χ4v) is 3.48. The molecule has 0 unspecified atom stereocenters. The van der Waals surface area contributed by atoms with Crippen LogP contribution in [0, 0.1) is 5.92 Å². The maximum absolute atomic E-state index is 12.6. The van der Waals surface area contributed by atoms with E-state index >= 15 is 0 Å². The van der Waals surface area contributed by atoms with E-state index < -0.39 is 0 Å². The van der Waals surface area contributed by atoms with Gasteiger partial charge >= 0.3 is 0 Å². The fourth-order valence-electron chi connectivity index (χ4n) is 3.48. The zero-order chi connectivity index (χ0) is 20.8. The van der Waals surface area contributed by atoms with E-state index in [1.165, 1.54) is 6.33 Å². The molecule has 1 saturated heterocycles. The Morgan fingerprint density at radius 1 is 1.00 bits per heavy atom. The highest BCUT2D eigenvalue weighted by Gasteiger charge is 2.26. The summed E-state index contributed by atoms with van der Waals surface area (Å²) in [6.07, 6.45) is 7.85. The molecule has 1 aliphatic heterocycles. The van der Waals surface area contributed by atoms with Gasteiger partial charge in [-0.25, -0.2) is 9.67 Å². The molecule has 4 rings (SSSR count). The third-order valence-corrected chi connectivity index (χ3v) is 5.21. The topological polar surface area (TPSA) is 80.1 Å². The van der Waals surface area contributed by atoms with Gasteiger partial charge in [0.05, 0.1) is 5.69 Å². The van der Waals surface area contributed by atoms with Crippen molar-refractivity contribution in [2.45, 2.75) is 12.8 Å². The molecule has 1 N–H and O–H groups in total. The average molecular weight is 401 g/mol. The van der Waals surface area contributed by atoms with Gasteiger partial charge < -0.3 is 10.2 Å². The van der Waals surface area contributed by atoms with Crippen LogP contribution in [0.4, 0.5) is 5.69 Å². The summed E-state index contributed by atoms with van der Waals surface area (Å²) in [5.41, 5.74) is 2.61. The number of rotatable bonds is 5. The molecule has 0 bridgehead atoms. The van der Waals surface area contributed by atoms with Crippen molar-refractivity contribution < 1.29 is 9.59 Å². The number of nitrogens with zero attached hydrogens (tertiary/aromatic N) is 4. The third kappa shape index (κ3) is 4.81. The summed E-state index contributed by atoms with van der Waals surface area (Å²) in [5.74, 6) is -0.112. The molecule has 7 heteroatoms. The molecule has 152 valence electrons. The lowest BCUT2D eigenvalue weighted by atomic mass is 9.95. The number of likely N-dealkylation sites (tertiary alicyclic amines) is 1. The minimum atomic E-state index is -0.0952. The molecule has 2 aromatic carbocycles. The molecule has 0 spiro atoms. The monoisotopic (exact) mass is 401 g/mol. The van der Waals surface area contributed by atoms with Gasteiger partial charge in [0.15, 0.2) is 0 Å². The van der Waals surface area contributed by atoms with Crippen molar-refractivity contribution in [2.75, 3.05) is 18.4 Å². The van der Waals surface area contributed by atoms with Gasteiger partial charge in [0.1, 0.15) is 12.7 Å². The number of benzene rings is 2. The van der Waals surface area contributed by atoms with E-state index in [0.29, 0.717) is 25.9 Å². The number of aromatic nitrogens is 3. The van der Waals surface area contributed by atoms with Gasteiger partial charge in [-0.2, -0.15) is 5.10 Å². The molecule has 0 radical (unpaired) electrons. The van der Waals surface area contributed by atoms with Crippen LogP contribution in [0.15, 0.2) is 73.3 Å². The van der Waals surface area contributed by atoms with Gasteiger partial charge in [0.2, 0.25) is 11.8 Å². The van der Waals surface area contributed by atoms with Gasteiger partial charge in [0, 0.05) is 30.8 Å². The van der Waals surface area contributed by atoms with E-state index in [2.05, 4.69) is 15.4 Å². The Morgan fingerprint density at radius 3 is 2.40 bits per heavy atom. The van der Waals surface area contributed by atoms with Gasteiger partial charge in [-0.1, -0.05) is 30.3 Å². The molecule has 7 nitrogen and oxygen atoms in total. The molecule has 3 aromatic rings. The van der Waals surface area contributed by atoms with Gasteiger partial charge in [0.25, 0.3) is 0 Å². The van der Waals surface area contributed by atoms with Crippen LogP contribution in [-0.2, 0) is 9.59 Å². The number of anilines is 1. The highest BCUT2D eigenvalue weighted by atomic mass is 16.2. The molecular formula is C23H23N5O2. The minimum Gasteiger partial charge on any atom is -0.339 e. The molecule has 1 fully saturated rings. The molecule has 0 saturated carbocycles. The number of carbonyl (C=O) groups is 2. The normalized spacial score (nSPS) is 14.7. The van der Waals surface area contributed by atoms with Crippen LogP contribution in [0.3, 0.4) is 0 Å². The van der Waals surface area contributed by atoms with Crippen molar-refractivity contribution >= 4 is 23.6 Å². The van der Waals surface area contributed by atoms with E-state index in [1.54, 1.807) is 22.0 Å². The first-order valence-electron chi connectivity index (χ1n) is 9.97. The minimum absolute atomic E-state index is 0.00423. The lowest BCUT2D eigenvalue weighted by molar-refractivity contribution is -0.130. The largest absolute Gasteiger partial charge is 0.339 e. The van der Waals surface area contributed by atoms with E-state index in [0.717, 1.165) is 16.9 Å². The number of carbonyl (C=O) groups excluding carboxylic acids is 2. The Balaban J connectivity index is 1.27. The van der Waals surface area contributed by atoms with Gasteiger partial charge in [-0.15, -0.1) is 0 Å². The number of hydrogen-bond acceptors (Lipinski definition) is 4. The Morgan fingerprint density at radius 2 is 1.73 bits per heavy atom. The molecule has 2 amide bonds. The smallest absolute Gasteiger partial charge is 0.246 e. The predicted octanol–water partition coefficient (Wildman–Crippen LogP) is 3.16. The summed E-state index contributed by atoms with van der Waals surface area (Å²) in [6.45, 7) is 1.17. The third-order valence-electron chi connectivity index (χ3n) is 5.21. The lowest BCUT2D eigenvalue weighted by Gasteiger charge is -2.30. The van der Waals surface area contributed by atoms with Crippen molar-refractivity contribution in [1.29, 1.82) is 0 Å². The van der Waals surface area contributed by atoms with Crippen LogP contribution < -0.4 is 5.32 Å². The van der Waals surface area contributed by atoms with Crippen LogP contribution in [0.2, 0.25) is 0 Å². The van der Waals surface area contributed by atoms with Crippen molar-refractivity contribution in [3.05, 3.63) is 78.9 Å². The first-order valence-corrected chi connectivity index (χ1v) is 9.97. The summed E-state index contributed by atoms with van der Waals surface area (Å²) in [5, 5.41) is 7.06. The van der Waals surface area contributed by atoms with Crippen LogP contribution in [0.1, 0.15) is 18.4 Å². The first kappa shape index (κ1) is 19.6. The SMILES string of the molecule is O=C(Nc1ccc(-n2cncn2)cc1)C1CCN(C(=O)/C=C/c2ccccc2)CC1. The molecule has 1 aromatic heterocycles. The quantitative estimate of drug-likeness (QED) is 0.666. The maximum atomic E-state index is 12.6. The Bertz CT molecular complexity index is 1010. The second-order valence-electron chi connectivity index (χ2n) is 7.22. The second kappa shape index (κ2) is 9.17. The zero-order valence-corrected chi connectivity index (χ0v) is 16.5. The summed E-state index contributed by atoms with van der Waals surface area (Å²) < 4.78 is 1.66. The van der Waals surface area contributed by atoms with Crippen LogP contribution in [0.25, 0.3) is 11.8 Å². The molecule has 2 heterocycles. The van der Waals surface area contributed by atoms with Crippen molar-refractivity contribution in [3.63, 3.8) is 0 Å². The number of piperidine rings is 1. The molecule has 1 aliphatic rings. The van der Waals surface area contributed by atoms with Crippen LogP contribution in [0.5, 0.6) is 0 Å². The van der Waals surface area contributed by atoms with E-state index in [9.17, 15) is 9.59 Å². The van der Waals surface area contributed by atoms with E-state index in [-0.39, 0.29) is 17.7 Å². The highest BCUT2D eigenvalue weighted by Crippen LogP contribution is 2.20. The van der Waals surface area contributed by atoms with Crippen molar-refractivity contribution in [2.24, 2.45) is 5.92 Å². The average Bonchev–Trinajstić information content (AvgIpc) is 3.34. The maximum Gasteiger partial charge on any atom is 0.246 e. The summed E-state index contributed by atoms with van der Waals surface area (Å²) in [6, 6.07) is 17.2. The summed E-state index contributed by atoms with van der Waals surface area (Å²) >= 11 is 0. The van der Waals surface area contributed by atoms with Gasteiger partial charge in [-0.3, -0.25) is 9.59 Å². The highest BCUT2D eigenvalue weighted by molar-refractivity contribution is 5.94. The number of amides is 2. The molecular weight excluding hydrogens is 378 g/mol. The van der Waals surface area contributed by atoms with E-state index in [1.807, 2.05) is 60.7 Å².